The van der Waals surface area contributed by atoms with E-state index in [9.17, 15) is 14.4 Å². The molecular weight excluding hydrogens is 386 g/mol. The number of aromatic nitrogens is 2. The number of nitrogens with zero attached hydrogens (tertiary/aromatic N) is 1. The SMILES string of the molecule is COC(=O)c1ccc2c(=O)[nH]c3c(C(=O)NC4CCCC4)sc(=S)n3c2c1. The molecule has 3 aromatic rings. The van der Waals surface area contributed by atoms with Crippen molar-refractivity contribution in [3.05, 3.63) is 42.9 Å². The number of methoxy groups -OCH3 is 1. The van der Waals surface area contributed by atoms with E-state index in [0.717, 1.165) is 37.0 Å². The maximum atomic E-state index is 12.7. The van der Waals surface area contributed by atoms with Crippen LogP contribution in [0.25, 0.3) is 16.6 Å². The van der Waals surface area contributed by atoms with Gasteiger partial charge in [-0.1, -0.05) is 24.2 Å². The lowest BCUT2D eigenvalue weighted by Crippen LogP contribution is -2.32. The molecule has 1 aromatic carbocycles. The Bertz CT molecular complexity index is 1180. The van der Waals surface area contributed by atoms with E-state index in [1.807, 2.05) is 0 Å². The molecule has 0 bridgehead atoms. The second-order valence-corrected chi connectivity index (χ2v) is 8.16. The first-order valence-corrected chi connectivity index (χ1v) is 9.83. The third-order valence-electron chi connectivity index (χ3n) is 4.84. The number of aromatic amines is 1. The number of fused-ring (bicyclic) bond motifs is 3. The van der Waals surface area contributed by atoms with Gasteiger partial charge in [-0.15, -0.1) is 0 Å². The maximum Gasteiger partial charge on any atom is 0.337 e. The van der Waals surface area contributed by atoms with Gasteiger partial charge in [0.15, 0.2) is 3.95 Å². The summed E-state index contributed by atoms with van der Waals surface area (Å²) >= 11 is 6.59. The summed E-state index contributed by atoms with van der Waals surface area (Å²) in [4.78, 5) is 40.3. The molecule has 9 heteroatoms. The molecule has 1 aliphatic carbocycles. The van der Waals surface area contributed by atoms with E-state index in [-0.39, 0.29) is 17.5 Å². The van der Waals surface area contributed by atoms with Crippen molar-refractivity contribution in [2.24, 2.45) is 0 Å². The number of hydrogen-bond acceptors (Lipinski definition) is 6. The predicted molar refractivity (Wildman–Crippen MR) is 105 cm³/mol. The average Bonchev–Trinajstić information content (AvgIpc) is 3.28. The summed E-state index contributed by atoms with van der Waals surface area (Å²) in [6, 6.07) is 4.80. The zero-order chi connectivity index (χ0) is 19.1. The van der Waals surface area contributed by atoms with Gasteiger partial charge in [-0.3, -0.25) is 14.0 Å². The summed E-state index contributed by atoms with van der Waals surface area (Å²) in [6.07, 6.45) is 4.14. The molecule has 0 spiro atoms. The topological polar surface area (TPSA) is 92.7 Å². The van der Waals surface area contributed by atoms with Gasteiger partial charge in [-0.2, -0.15) is 0 Å². The van der Waals surface area contributed by atoms with Crippen molar-refractivity contribution in [3.8, 4) is 0 Å². The number of esters is 1. The highest BCUT2D eigenvalue weighted by Gasteiger charge is 2.23. The van der Waals surface area contributed by atoms with Crippen LogP contribution in [0.2, 0.25) is 0 Å². The van der Waals surface area contributed by atoms with Gasteiger partial charge in [-0.05, 0) is 43.3 Å². The highest BCUT2D eigenvalue weighted by molar-refractivity contribution is 7.73. The Morgan fingerprint density at radius 1 is 1.33 bits per heavy atom. The second kappa shape index (κ2) is 6.90. The normalized spacial score (nSPS) is 14.7. The van der Waals surface area contributed by atoms with Crippen LogP contribution in [0, 0.1) is 3.95 Å². The maximum absolute atomic E-state index is 12.7. The van der Waals surface area contributed by atoms with Gasteiger partial charge in [-0.25, -0.2) is 4.79 Å². The summed E-state index contributed by atoms with van der Waals surface area (Å²) in [5.74, 6) is -0.745. The first kappa shape index (κ1) is 17.9. The Labute approximate surface area is 163 Å². The molecule has 2 aromatic heterocycles. The van der Waals surface area contributed by atoms with E-state index < -0.39 is 5.97 Å². The fraction of sp³-hybridized carbons (Fsp3) is 0.333. The van der Waals surface area contributed by atoms with Crippen molar-refractivity contribution < 1.29 is 14.3 Å². The number of amides is 1. The molecule has 1 aliphatic rings. The van der Waals surface area contributed by atoms with Gasteiger partial charge in [0.05, 0.1) is 23.6 Å². The van der Waals surface area contributed by atoms with E-state index in [0.29, 0.717) is 30.9 Å². The first-order valence-electron chi connectivity index (χ1n) is 8.60. The molecule has 1 amide bonds. The van der Waals surface area contributed by atoms with Gasteiger partial charge in [0.25, 0.3) is 11.5 Å². The molecule has 140 valence electrons. The molecule has 0 saturated heterocycles. The summed E-state index contributed by atoms with van der Waals surface area (Å²) in [5.41, 5.74) is 0.781. The molecule has 2 N–H and O–H groups in total. The van der Waals surface area contributed by atoms with Crippen LogP contribution >= 0.6 is 23.6 Å². The molecular formula is C18H17N3O4S2. The number of H-pyrrole nitrogens is 1. The van der Waals surface area contributed by atoms with Gasteiger partial charge in [0.1, 0.15) is 10.5 Å². The van der Waals surface area contributed by atoms with Crippen LogP contribution in [0.4, 0.5) is 0 Å². The summed E-state index contributed by atoms with van der Waals surface area (Å²) < 4.78 is 6.81. The monoisotopic (exact) mass is 403 g/mol. The lowest BCUT2D eigenvalue weighted by molar-refractivity contribution is 0.0600. The average molecular weight is 403 g/mol. The molecule has 7 nitrogen and oxygen atoms in total. The third-order valence-corrected chi connectivity index (χ3v) is 6.22. The summed E-state index contributed by atoms with van der Waals surface area (Å²) in [5, 5.41) is 3.40. The number of thiazole rings is 1. The number of hydrogen-bond donors (Lipinski definition) is 2. The van der Waals surface area contributed by atoms with Crippen molar-refractivity contribution in [1.82, 2.24) is 14.7 Å². The minimum atomic E-state index is -0.508. The molecule has 0 unspecified atom stereocenters. The Morgan fingerprint density at radius 3 is 2.78 bits per heavy atom. The number of carbonyl (C=O) groups is 2. The van der Waals surface area contributed by atoms with Crippen LogP contribution in [0.15, 0.2) is 23.0 Å². The molecule has 0 radical (unpaired) electrons. The van der Waals surface area contributed by atoms with Crippen LogP contribution in [-0.4, -0.2) is 34.4 Å². The van der Waals surface area contributed by atoms with Crippen molar-refractivity contribution >= 4 is 52.0 Å². The van der Waals surface area contributed by atoms with Crippen molar-refractivity contribution in [1.29, 1.82) is 0 Å². The summed E-state index contributed by atoms with van der Waals surface area (Å²) in [6.45, 7) is 0. The predicted octanol–water partition coefficient (Wildman–Crippen LogP) is 3.03. The van der Waals surface area contributed by atoms with Gasteiger partial charge in [0, 0.05) is 6.04 Å². The lowest BCUT2D eigenvalue weighted by atomic mass is 10.1. The zero-order valence-corrected chi connectivity index (χ0v) is 16.2. The van der Waals surface area contributed by atoms with E-state index in [1.54, 1.807) is 16.5 Å². The molecule has 2 heterocycles. The van der Waals surface area contributed by atoms with Crippen LogP contribution in [0.1, 0.15) is 45.7 Å². The second-order valence-electron chi connectivity index (χ2n) is 6.51. The number of nitrogens with one attached hydrogen (secondary N) is 2. The minimum Gasteiger partial charge on any atom is -0.465 e. The molecule has 0 aliphatic heterocycles. The fourth-order valence-electron chi connectivity index (χ4n) is 3.51. The minimum absolute atomic E-state index is 0.159. The van der Waals surface area contributed by atoms with Crippen molar-refractivity contribution in [3.63, 3.8) is 0 Å². The highest BCUT2D eigenvalue weighted by Crippen LogP contribution is 2.25. The quantitative estimate of drug-likeness (QED) is 0.518. The van der Waals surface area contributed by atoms with Crippen LogP contribution in [0.3, 0.4) is 0 Å². The molecule has 4 rings (SSSR count). The number of carbonyl (C=O) groups excluding carboxylic acids is 2. The Kier molecular flexibility index (Phi) is 4.56. The van der Waals surface area contributed by atoms with Gasteiger partial charge >= 0.3 is 5.97 Å². The number of benzene rings is 1. The van der Waals surface area contributed by atoms with E-state index in [4.69, 9.17) is 17.0 Å². The zero-order valence-electron chi connectivity index (χ0n) is 14.5. The van der Waals surface area contributed by atoms with Gasteiger partial charge in [0.2, 0.25) is 0 Å². The Morgan fingerprint density at radius 2 is 2.07 bits per heavy atom. The smallest absolute Gasteiger partial charge is 0.337 e. The van der Waals surface area contributed by atoms with Crippen LogP contribution < -0.4 is 10.9 Å². The number of ether oxygens (including phenoxy) is 1. The van der Waals surface area contributed by atoms with Crippen molar-refractivity contribution in [2.75, 3.05) is 7.11 Å². The van der Waals surface area contributed by atoms with E-state index in [1.165, 1.54) is 13.2 Å². The molecule has 27 heavy (non-hydrogen) atoms. The largest absolute Gasteiger partial charge is 0.465 e. The van der Waals surface area contributed by atoms with Crippen molar-refractivity contribution in [2.45, 2.75) is 31.7 Å². The van der Waals surface area contributed by atoms with E-state index in [2.05, 4.69) is 10.3 Å². The summed E-state index contributed by atoms with van der Waals surface area (Å²) in [7, 11) is 1.29. The standard InChI is InChI=1S/C18H17N3O4S2/c1-25-17(24)9-6-7-11-12(8-9)21-14(20-15(11)22)13(27-18(21)26)16(23)19-10-4-2-3-5-10/h6-8,10H,2-5H2,1H3,(H,19,23)(H,20,22). The first-order chi connectivity index (χ1) is 13.0. The van der Waals surface area contributed by atoms with E-state index >= 15 is 0 Å². The van der Waals surface area contributed by atoms with Crippen LogP contribution in [0.5, 0.6) is 0 Å². The van der Waals surface area contributed by atoms with Gasteiger partial charge < -0.3 is 15.0 Å². The third kappa shape index (κ3) is 3.06. The highest BCUT2D eigenvalue weighted by atomic mass is 32.1. The molecule has 0 atom stereocenters. The Balaban J connectivity index is 1.90. The Hall–Kier alpha value is -2.52. The lowest BCUT2D eigenvalue weighted by Gasteiger charge is -2.11. The molecule has 1 saturated carbocycles. The molecule has 1 fully saturated rings. The fourth-order valence-corrected chi connectivity index (χ4v) is 4.79. The van der Waals surface area contributed by atoms with Crippen LogP contribution in [-0.2, 0) is 4.74 Å². The number of rotatable bonds is 3.